The molecule has 1 unspecified atom stereocenters. The number of phenols is 1. The number of aliphatic imine (C=N–C) groups is 1. The average molecular weight is 216 g/mol. The Hall–Kier alpha value is -1.51. The lowest BCUT2D eigenvalue weighted by Gasteiger charge is -2.24. The van der Waals surface area contributed by atoms with Gasteiger partial charge < -0.3 is 10.4 Å². The van der Waals surface area contributed by atoms with E-state index in [0.717, 1.165) is 32.4 Å². The number of fused-ring (bicyclic) bond motifs is 1. The highest BCUT2D eigenvalue weighted by atomic mass is 16.3. The quantitative estimate of drug-likeness (QED) is 0.747. The molecule has 0 amide bonds. The van der Waals surface area contributed by atoms with Gasteiger partial charge in [-0.15, -0.1) is 0 Å². The Labute approximate surface area is 95.2 Å². The molecule has 0 saturated carbocycles. The number of aromatic hydroxyl groups is 1. The molecule has 3 rings (SSSR count). The molecular formula is C13H16N2O. The van der Waals surface area contributed by atoms with Crippen LogP contribution in [0.15, 0.2) is 23.2 Å². The first-order valence-corrected chi connectivity index (χ1v) is 5.92. The molecule has 1 heterocycles. The molecule has 1 aromatic carbocycles. The third-order valence-corrected chi connectivity index (χ3v) is 3.51. The molecule has 1 aromatic rings. The molecule has 16 heavy (non-hydrogen) atoms. The zero-order valence-electron chi connectivity index (χ0n) is 9.24. The lowest BCUT2D eigenvalue weighted by molar-refractivity contribution is 0.472. The Balaban J connectivity index is 1.83. The summed E-state index contributed by atoms with van der Waals surface area (Å²) in [5, 5.41) is 12.8. The van der Waals surface area contributed by atoms with Gasteiger partial charge >= 0.3 is 0 Å². The predicted molar refractivity (Wildman–Crippen MR) is 63.9 cm³/mol. The van der Waals surface area contributed by atoms with E-state index in [-0.39, 0.29) is 0 Å². The van der Waals surface area contributed by atoms with Gasteiger partial charge in [0.25, 0.3) is 0 Å². The Kier molecular flexibility index (Phi) is 2.31. The maximum atomic E-state index is 9.43. The second kappa shape index (κ2) is 3.81. The van der Waals surface area contributed by atoms with Crippen molar-refractivity contribution in [2.45, 2.75) is 19.3 Å². The van der Waals surface area contributed by atoms with Crippen molar-refractivity contribution in [1.82, 2.24) is 5.32 Å². The second-order valence-electron chi connectivity index (χ2n) is 4.59. The number of hydrogen-bond acceptors (Lipinski definition) is 3. The highest BCUT2D eigenvalue weighted by Crippen LogP contribution is 2.28. The molecule has 2 N–H and O–H groups in total. The fraction of sp³-hybridized carbons (Fsp3) is 0.462. The summed E-state index contributed by atoms with van der Waals surface area (Å²) in [6, 6.07) is 5.73. The van der Waals surface area contributed by atoms with Gasteiger partial charge in [0, 0.05) is 12.5 Å². The van der Waals surface area contributed by atoms with Gasteiger partial charge in [0.1, 0.15) is 5.75 Å². The standard InChI is InChI=1S/C13H16N2O/c16-12-4-3-9-7-11(2-1-10(9)8-12)13-14-5-6-15-13/h3-4,8,11,16H,1-2,5-7H2,(H,14,15). The van der Waals surface area contributed by atoms with Crippen molar-refractivity contribution in [2.75, 3.05) is 13.1 Å². The zero-order chi connectivity index (χ0) is 11.0. The van der Waals surface area contributed by atoms with Gasteiger partial charge in [0.05, 0.1) is 12.4 Å². The van der Waals surface area contributed by atoms with Gasteiger partial charge in [-0.3, -0.25) is 4.99 Å². The zero-order valence-corrected chi connectivity index (χ0v) is 9.24. The Morgan fingerprint density at radius 2 is 2.25 bits per heavy atom. The van der Waals surface area contributed by atoms with Crippen LogP contribution in [0, 0.1) is 5.92 Å². The second-order valence-corrected chi connectivity index (χ2v) is 4.59. The molecule has 3 heteroatoms. The van der Waals surface area contributed by atoms with Crippen LogP contribution >= 0.6 is 0 Å². The van der Waals surface area contributed by atoms with Crippen LogP contribution in [0.3, 0.4) is 0 Å². The van der Waals surface area contributed by atoms with Gasteiger partial charge in [0.15, 0.2) is 0 Å². The van der Waals surface area contributed by atoms with E-state index < -0.39 is 0 Å². The Morgan fingerprint density at radius 3 is 3.06 bits per heavy atom. The van der Waals surface area contributed by atoms with E-state index in [1.165, 1.54) is 17.0 Å². The first-order valence-electron chi connectivity index (χ1n) is 5.92. The van der Waals surface area contributed by atoms with Gasteiger partial charge in [-0.25, -0.2) is 0 Å². The third kappa shape index (κ3) is 1.66. The van der Waals surface area contributed by atoms with Crippen molar-refractivity contribution in [2.24, 2.45) is 10.9 Å². The molecular weight excluding hydrogens is 200 g/mol. The number of nitrogens with zero attached hydrogens (tertiary/aromatic N) is 1. The monoisotopic (exact) mass is 216 g/mol. The van der Waals surface area contributed by atoms with Crippen molar-refractivity contribution in [3.63, 3.8) is 0 Å². The average Bonchev–Trinajstić information content (AvgIpc) is 2.82. The molecule has 0 saturated heterocycles. The van der Waals surface area contributed by atoms with Crippen LogP contribution in [-0.4, -0.2) is 24.0 Å². The van der Waals surface area contributed by atoms with E-state index in [4.69, 9.17) is 0 Å². The largest absolute Gasteiger partial charge is 0.508 e. The number of nitrogens with one attached hydrogen (secondary N) is 1. The van der Waals surface area contributed by atoms with Crippen LogP contribution in [0.4, 0.5) is 0 Å². The summed E-state index contributed by atoms with van der Waals surface area (Å²) in [5.41, 5.74) is 2.67. The molecule has 2 aliphatic rings. The summed E-state index contributed by atoms with van der Waals surface area (Å²) >= 11 is 0. The van der Waals surface area contributed by atoms with Crippen LogP contribution < -0.4 is 5.32 Å². The highest BCUT2D eigenvalue weighted by molar-refractivity contribution is 5.86. The minimum atomic E-state index is 0.383. The van der Waals surface area contributed by atoms with Crippen LogP contribution in [0.2, 0.25) is 0 Å². The molecule has 84 valence electrons. The SMILES string of the molecule is Oc1ccc2c(c1)CCC(C1=NCCN1)C2. The molecule has 0 aromatic heterocycles. The van der Waals surface area contributed by atoms with E-state index in [1.807, 2.05) is 12.1 Å². The Morgan fingerprint density at radius 1 is 1.31 bits per heavy atom. The van der Waals surface area contributed by atoms with Crippen LogP contribution in [0.25, 0.3) is 0 Å². The van der Waals surface area contributed by atoms with Crippen LogP contribution in [0.1, 0.15) is 17.5 Å². The molecule has 1 aliphatic heterocycles. The van der Waals surface area contributed by atoms with Crippen molar-refractivity contribution < 1.29 is 5.11 Å². The summed E-state index contributed by atoms with van der Waals surface area (Å²) in [5.74, 6) is 2.13. The molecule has 0 bridgehead atoms. The molecule has 0 radical (unpaired) electrons. The van der Waals surface area contributed by atoms with Crippen LogP contribution in [0.5, 0.6) is 5.75 Å². The topological polar surface area (TPSA) is 44.6 Å². The third-order valence-electron chi connectivity index (χ3n) is 3.51. The van der Waals surface area contributed by atoms with Crippen molar-refractivity contribution >= 4 is 5.84 Å². The summed E-state index contributed by atoms with van der Waals surface area (Å²) in [6.07, 6.45) is 3.25. The fourth-order valence-corrected chi connectivity index (χ4v) is 2.66. The molecule has 0 spiro atoms. The lowest BCUT2D eigenvalue weighted by atomic mass is 9.83. The minimum absolute atomic E-state index is 0.383. The van der Waals surface area contributed by atoms with Gasteiger partial charge in [0.2, 0.25) is 0 Å². The maximum Gasteiger partial charge on any atom is 0.115 e. The van der Waals surface area contributed by atoms with E-state index in [9.17, 15) is 5.11 Å². The minimum Gasteiger partial charge on any atom is -0.508 e. The first kappa shape index (κ1) is 9.70. The summed E-state index contributed by atoms with van der Waals surface area (Å²) < 4.78 is 0. The van der Waals surface area contributed by atoms with Crippen molar-refractivity contribution in [3.8, 4) is 5.75 Å². The summed E-state index contributed by atoms with van der Waals surface area (Å²) in [6.45, 7) is 1.92. The van der Waals surface area contributed by atoms with Crippen molar-refractivity contribution in [3.05, 3.63) is 29.3 Å². The van der Waals surface area contributed by atoms with E-state index in [1.54, 1.807) is 6.07 Å². The normalized spacial score (nSPS) is 23.5. The van der Waals surface area contributed by atoms with E-state index >= 15 is 0 Å². The van der Waals surface area contributed by atoms with Gasteiger partial charge in [-0.1, -0.05) is 6.07 Å². The first-order chi connectivity index (χ1) is 7.83. The number of aryl methyl sites for hydroxylation is 1. The number of hydrogen-bond donors (Lipinski definition) is 2. The van der Waals surface area contributed by atoms with Crippen molar-refractivity contribution in [1.29, 1.82) is 0 Å². The van der Waals surface area contributed by atoms with Crippen LogP contribution in [-0.2, 0) is 12.8 Å². The number of amidine groups is 1. The van der Waals surface area contributed by atoms with Gasteiger partial charge in [-0.05, 0) is 42.5 Å². The molecule has 3 nitrogen and oxygen atoms in total. The number of rotatable bonds is 1. The smallest absolute Gasteiger partial charge is 0.115 e. The highest BCUT2D eigenvalue weighted by Gasteiger charge is 2.24. The molecule has 0 fully saturated rings. The summed E-state index contributed by atoms with van der Waals surface area (Å²) in [7, 11) is 0. The number of benzene rings is 1. The van der Waals surface area contributed by atoms with E-state index in [0.29, 0.717) is 11.7 Å². The summed E-state index contributed by atoms with van der Waals surface area (Å²) in [4.78, 5) is 4.51. The number of phenolic OH excluding ortho intramolecular Hbond substituents is 1. The fourth-order valence-electron chi connectivity index (χ4n) is 2.66. The molecule has 1 aliphatic carbocycles. The van der Waals surface area contributed by atoms with Gasteiger partial charge in [-0.2, -0.15) is 0 Å². The predicted octanol–water partition coefficient (Wildman–Crippen LogP) is 1.50. The maximum absolute atomic E-state index is 9.43. The Bertz CT molecular complexity index is 440. The lowest BCUT2D eigenvalue weighted by Crippen LogP contribution is -2.31. The molecule has 1 atom stereocenters. The van der Waals surface area contributed by atoms with E-state index in [2.05, 4.69) is 10.3 Å².